The average molecular weight is 290 g/mol. The molecule has 0 fully saturated rings. The summed E-state index contributed by atoms with van der Waals surface area (Å²) >= 11 is 0. The molecule has 0 aliphatic carbocycles. The summed E-state index contributed by atoms with van der Waals surface area (Å²) in [7, 11) is 0. The van der Waals surface area contributed by atoms with Crippen molar-refractivity contribution in [2.75, 3.05) is 0 Å². The Morgan fingerprint density at radius 3 is 2.14 bits per heavy atom. The molecular formula is C12H10N4O5. The quantitative estimate of drug-likeness (QED) is 0.626. The van der Waals surface area contributed by atoms with Crippen LogP contribution in [-0.2, 0) is 0 Å². The monoisotopic (exact) mass is 290 g/mol. The molecule has 0 atom stereocenters. The standard InChI is InChI=1S/C12H10N4O5/c1-7-5-8(2)14-12(13-7)21-11-4-3-9(15(17)18)6-10(11)16(19)20/h3-6H,1-2H3. The van der Waals surface area contributed by atoms with Crippen molar-refractivity contribution in [3.63, 3.8) is 0 Å². The van der Waals surface area contributed by atoms with Gasteiger partial charge < -0.3 is 4.74 Å². The SMILES string of the molecule is Cc1cc(C)nc(Oc2ccc([N+](=O)[O-])cc2[N+](=O)[O-])n1. The molecule has 0 saturated carbocycles. The van der Waals surface area contributed by atoms with Crippen molar-refractivity contribution in [2.24, 2.45) is 0 Å². The third-order valence-electron chi connectivity index (χ3n) is 2.51. The Kier molecular flexibility index (Phi) is 3.74. The number of hydrogen-bond donors (Lipinski definition) is 0. The second-order valence-corrected chi connectivity index (χ2v) is 4.20. The summed E-state index contributed by atoms with van der Waals surface area (Å²) in [5.41, 5.74) is 0.367. The molecule has 1 aromatic heterocycles. The third-order valence-corrected chi connectivity index (χ3v) is 2.51. The maximum Gasteiger partial charge on any atom is 0.322 e. The normalized spacial score (nSPS) is 10.2. The first kappa shape index (κ1) is 14.3. The number of aryl methyl sites for hydroxylation is 2. The molecule has 0 amide bonds. The van der Waals surface area contributed by atoms with Gasteiger partial charge in [-0.05, 0) is 26.0 Å². The van der Waals surface area contributed by atoms with Crippen LogP contribution in [0.3, 0.4) is 0 Å². The van der Waals surface area contributed by atoms with Gasteiger partial charge in [0.15, 0.2) is 0 Å². The summed E-state index contributed by atoms with van der Waals surface area (Å²) in [5.74, 6) is -0.157. The molecule has 1 aromatic carbocycles. The van der Waals surface area contributed by atoms with E-state index in [-0.39, 0.29) is 11.8 Å². The number of hydrogen-bond acceptors (Lipinski definition) is 7. The van der Waals surface area contributed by atoms with Crippen LogP contribution in [0.2, 0.25) is 0 Å². The fraction of sp³-hybridized carbons (Fsp3) is 0.167. The molecule has 0 saturated heterocycles. The molecule has 2 rings (SSSR count). The fourth-order valence-electron chi connectivity index (χ4n) is 1.69. The Bertz CT molecular complexity index is 711. The van der Waals surface area contributed by atoms with Gasteiger partial charge in [-0.1, -0.05) is 0 Å². The fourth-order valence-corrected chi connectivity index (χ4v) is 1.69. The molecule has 0 aliphatic rings. The predicted molar refractivity (Wildman–Crippen MR) is 71.3 cm³/mol. The van der Waals surface area contributed by atoms with Gasteiger partial charge in [-0.2, -0.15) is 0 Å². The van der Waals surface area contributed by atoms with Crippen LogP contribution in [-0.4, -0.2) is 19.8 Å². The van der Waals surface area contributed by atoms with E-state index in [4.69, 9.17) is 4.74 Å². The van der Waals surface area contributed by atoms with E-state index >= 15 is 0 Å². The van der Waals surface area contributed by atoms with Crippen molar-refractivity contribution in [2.45, 2.75) is 13.8 Å². The molecule has 0 N–H and O–H groups in total. The van der Waals surface area contributed by atoms with Gasteiger partial charge in [0.05, 0.1) is 15.9 Å². The number of nitro groups is 2. The first-order valence-electron chi connectivity index (χ1n) is 5.80. The Labute approximate surface area is 118 Å². The Balaban J connectivity index is 2.43. The number of rotatable bonds is 4. The van der Waals surface area contributed by atoms with Crippen LogP contribution in [0.5, 0.6) is 11.8 Å². The summed E-state index contributed by atoms with van der Waals surface area (Å²) in [6, 6.07) is 4.77. The zero-order valence-electron chi connectivity index (χ0n) is 11.1. The molecule has 0 spiro atoms. The third kappa shape index (κ3) is 3.26. The first-order valence-corrected chi connectivity index (χ1v) is 5.80. The Morgan fingerprint density at radius 1 is 1.00 bits per heavy atom. The summed E-state index contributed by atoms with van der Waals surface area (Å²) in [6.07, 6.45) is 0. The zero-order valence-corrected chi connectivity index (χ0v) is 11.1. The molecule has 1 heterocycles. The van der Waals surface area contributed by atoms with E-state index in [2.05, 4.69) is 9.97 Å². The lowest BCUT2D eigenvalue weighted by Crippen LogP contribution is -1.99. The minimum Gasteiger partial charge on any atom is -0.417 e. The van der Waals surface area contributed by atoms with Crippen molar-refractivity contribution >= 4 is 11.4 Å². The van der Waals surface area contributed by atoms with Crippen molar-refractivity contribution in [1.29, 1.82) is 0 Å². The van der Waals surface area contributed by atoms with Crippen molar-refractivity contribution < 1.29 is 14.6 Å². The van der Waals surface area contributed by atoms with Gasteiger partial charge in [-0.15, -0.1) is 0 Å². The molecule has 0 unspecified atom stereocenters. The van der Waals surface area contributed by atoms with Crippen LogP contribution in [0.15, 0.2) is 24.3 Å². The molecule has 21 heavy (non-hydrogen) atoms. The van der Waals surface area contributed by atoms with E-state index < -0.39 is 21.2 Å². The van der Waals surface area contributed by atoms with Gasteiger partial charge in [0.1, 0.15) is 0 Å². The number of ether oxygens (including phenoxy) is 1. The van der Waals surface area contributed by atoms with Crippen LogP contribution >= 0.6 is 0 Å². The minimum absolute atomic E-state index is 0.0514. The van der Waals surface area contributed by atoms with Crippen LogP contribution < -0.4 is 4.74 Å². The van der Waals surface area contributed by atoms with Crippen molar-refractivity contribution in [1.82, 2.24) is 9.97 Å². The van der Waals surface area contributed by atoms with Crippen LogP contribution in [0, 0.1) is 34.1 Å². The van der Waals surface area contributed by atoms with Gasteiger partial charge in [0.25, 0.3) is 5.69 Å². The van der Waals surface area contributed by atoms with E-state index in [9.17, 15) is 20.2 Å². The largest absolute Gasteiger partial charge is 0.417 e. The maximum absolute atomic E-state index is 11.0. The predicted octanol–water partition coefficient (Wildman–Crippen LogP) is 2.70. The average Bonchev–Trinajstić information content (AvgIpc) is 2.37. The molecule has 0 aliphatic heterocycles. The number of non-ortho nitro benzene ring substituents is 1. The molecule has 0 radical (unpaired) electrons. The van der Waals surface area contributed by atoms with Crippen LogP contribution in [0.25, 0.3) is 0 Å². The second-order valence-electron chi connectivity index (χ2n) is 4.20. The summed E-state index contributed by atoms with van der Waals surface area (Å²) in [4.78, 5) is 28.2. The number of nitrogens with zero attached hydrogens (tertiary/aromatic N) is 4. The zero-order chi connectivity index (χ0) is 15.6. The van der Waals surface area contributed by atoms with Crippen molar-refractivity contribution in [3.05, 3.63) is 55.9 Å². The lowest BCUT2D eigenvalue weighted by Gasteiger charge is -2.06. The first-order chi connectivity index (χ1) is 9.86. The highest BCUT2D eigenvalue weighted by molar-refractivity contribution is 5.54. The van der Waals surface area contributed by atoms with E-state index in [1.54, 1.807) is 19.9 Å². The van der Waals surface area contributed by atoms with E-state index in [0.29, 0.717) is 11.4 Å². The van der Waals surface area contributed by atoms with Gasteiger partial charge in [-0.3, -0.25) is 20.2 Å². The molecule has 2 aromatic rings. The minimum atomic E-state index is -0.759. The molecule has 108 valence electrons. The molecule has 0 bridgehead atoms. The number of nitro benzene ring substituents is 2. The molecule has 9 nitrogen and oxygen atoms in total. The van der Waals surface area contributed by atoms with Crippen LogP contribution in [0.1, 0.15) is 11.4 Å². The Hall–Kier alpha value is -3.10. The van der Waals surface area contributed by atoms with Gasteiger partial charge in [0.2, 0.25) is 5.75 Å². The summed E-state index contributed by atoms with van der Waals surface area (Å²) < 4.78 is 5.28. The van der Waals surface area contributed by atoms with E-state index in [1.807, 2.05) is 0 Å². The van der Waals surface area contributed by atoms with E-state index in [1.165, 1.54) is 0 Å². The number of aromatic nitrogens is 2. The molecule has 9 heteroatoms. The lowest BCUT2D eigenvalue weighted by atomic mass is 10.2. The van der Waals surface area contributed by atoms with Gasteiger partial charge in [-0.25, -0.2) is 9.97 Å². The smallest absolute Gasteiger partial charge is 0.322 e. The van der Waals surface area contributed by atoms with Gasteiger partial charge in [0, 0.05) is 17.5 Å². The highest BCUT2D eigenvalue weighted by atomic mass is 16.6. The Morgan fingerprint density at radius 2 is 1.62 bits per heavy atom. The topological polar surface area (TPSA) is 121 Å². The van der Waals surface area contributed by atoms with E-state index in [0.717, 1.165) is 18.2 Å². The lowest BCUT2D eigenvalue weighted by molar-refractivity contribution is -0.394. The maximum atomic E-state index is 11.0. The number of benzene rings is 1. The highest BCUT2D eigenvalue weighted by Gasteiger charge is 2.21. The highest BCUT2D eigenvalue weighted by Crippen LogP contribution is 2.33. The second kappa shape index (κ2) is 5.49. The van der Waals surface area contributed by atoms with Crippen LogP contribution in [0.4, 0.5) is 11.4 Å². The van der Waals surface area contributed by atoms with Crippen molar-refractivity contribution in [3.8, 4) is 11.8 Å². The summed E-state index contributed by atoms with van der Waals surface area (Å²) in [6.45, 7) is 3.46. The summed E-state index contributed by atoms with van der Waals surface area (Å²) in [5, 5.41) is 21.6. The molecular weight excluding hydrogens is 280 g/mol. The van der Waals surface area contributed by atoms with Gasteiger partial charge >= 0.3 is 11.7 Å².